The van der Waals surface area contributed by atoms with E-state index in [4.69, 9.17) is 0 Å². The van der Waals surface area contributed by atoms with Gasteiger partial charge in [0, 0.05) is 48.8 Å². The SMILES string of the molecule is N#Cc1ccccc1S(=O)(=O)N1CCN(C(C(=O)c2c[nH]c3ccccc23)c2ccccc2)CC1. The predicted octanol–water partition coefficient (Wildman–Crippen LogP) is 3.97. The number of fused-ring (bicyclic) bond motifs is 1. The Hall–Kier alpha value is -3.77. The second-order valence-electron chi connectivity index (χ2n) is 8.47. The third-order valence-corrected chi connectivity index (χ3v) is 8.44. The molecule has 4 aromatic rings. The Morgan fingerprint density at radius 3 is 2.29 bits per heavy atom. The van der Waals surface area contributed by atoms with Crippen molar-refractivity contribution >= 4 is 26.7 Å². The highest BCUT2D eigenvalue weighted by atomic mass is 32.2. The van der Waals surface area contributed by atoms with Crippen molar-refractivity contribution in [2.24, 2.45) is 0 Å². The van der Waals surface area contributed by atoms with Crippen LogP contribution < -0.4 is 0 Å². The lowest BCUT2D eigenvalue weighted by Crippen LogP contribution is -2.51. The fourth-order valence-corrected chi connectivity index (χ4v) is 6.28. The molecule has 0 spiro atoms. The standard InChI is InChI=1S/C27H24N4O3S/c28-18-21-10-4-7-13-25(21)35(33,34)31-16-14-30(15-17-31)26(20-8-2-1-3-9-20)27(32)23-19-29-24-12-6-5-11-22(23)24/h1-13,19,26,29H,14-17H2. The van der Waals surface area contributed by atoms with Crippen LogP contribution >= 0.6 is 0 Å². The minimum absolute atomic E-state index is 0.0189. The van der Waals surface area contributed by atoms with Crippen LogP contribution in [0.25, 0.3) is 10.9 Å². The quantitative estimate of drug-likeness (QED) is 0.418. The highest BCUT2D eigenvalue weighted by molar-refractivity contribution is 7.89. The lowest BCUT2D eigenvalue weighted by Gasteiger charge is -2.38. The molecule has 1 atom stereocenters. The summed E-state index contributed by atoms with van der Waals surface area (Å²) in [4.78, 5) is 19.1. The molecule has 35 heavy (non-hydrogen) atoms. The summed E-state index contributed by atoms with van der Waals surface area (Å²) in [7, 11) is -3.82. The normalized spacial score (nSPS) is 16.1. The zero-order valence-corrected chi connectivity index (χ0v) is 19.8. The van der Waals surface area contributed by atoms with Gasteiger partial charge in [-0.1, -0.05) is 60.7 Å². The Morgan fingerprint density at radius 1 is 0.886 bits per heavy atom. The second-order valence-corrected chi connectivity index (χ2v) is 10.4. The van der Waals surface area contributed by atoms with Gasteiger partial charge in [0.2, 0.25) is 10.0 Å². The first-order valence-electron chi connectivity index (χ1n) is 11.4. The number of sulfonamides is 1. The number of H-pyrrole nitrogens is 1. The summed E-state index contributed by atoms with van der Waals surface area (Å²) < 4.78 is 27.9. The van der Waals surface area contributed by atoms with E-state index < -0.39 is 16.1 Å². The smallest absolute Gasteiger partial charge is 0.244 e. The van der Waals surface area contributed by atoms with E-state index in [1.54, 1.807) is 18.3 Å². The van der Waals surface area contributed by atoms with E-state index >= 15 is 0 Å². The van der Waals surface area contributed by atoms with Crippen LogP contribution in [0.2, 0.25) is 0 Å². The number of ketones is 1. The van der Waals surface area contributed by atoms with E-state index in [0.29, 0.717) is 18.7 Å². The number of benzene rings is 3. The number of rotatable bonds is 6. The first-order chi connectivity index (χ1) is 17.0. The molecule has 1 aromatic heterocycles. The molecule has 0 amide bonds. The Kier molecular flexibility index (Phi) is 6.22. The van der Waals surface area contributed by atoms with Gasteiger partial charge >= 0.3 is 0 Å². The Labute approximate surface area is 204 Å². The van der Waals surface area contributed by atoms with E-state index in [0.717, 1.165) is 16.5 Å². The van der Waals surface area contributed by atoms with Gasteiger partial charge in [-0.3, -0.25) is 9.69 Å². The van der Waals surface area contributed by atoms with Gasteiger partial charge in [-0.25, -0.2) is 8.42 Å². The maximum absolute atomic E-state index is 13.9. The molecule has 1 saturated heterocycles. The summed E-state index contributed by atoms with van der Waals surface area (Å²) in [6.07, 6.45) is 1.75. The van der Waals surface area contributed by atoms with Gasteiger partial charge in [0.05, 0.1) is 16.5 Å². The van der Waals surface area contributed by atoms with Gasteiger partial charge < -0.3 is 4.98 Å². The third kappa shape index (κ3) is 4.26. The van der Waals surface area contributed by atoms with Gasteiger partial charge in [-0.2, -0.15) is 9.57 Å². The van der Waals surface area contributed by atoms with Crippen LogP contribution in [-0.4, -0.2) is 54.6 Å². The van der Waals surface area contributed by atoms with E-state index in [2.05, 4.69) is 4.98 Å². The first kappa shape index (κ1) is 23.0. The number of nitrogens with zero attached hydrogens (tertiary/aromatic N) is 3. The molecule has 1 aliphatic rings. The highest BCUT2D eigenvalue weighted by Crippen LogP contribution is 2.31. The van der Waals surface area contributed by atoms with Crippen molar-refractivity contribution in [3.05, 3.63) is 102 Å². The van der Waals surface area contributed by atoms with Crippen LogP contribution in [0, 0.1) is 11.3 Å². The Balaban J connectivity index is 1.43. The van der Waals surface area contributed by atoms with Crippen molar-refractivity contribution in [1.82, 2.24) is 14.2 Å². The van der Waals surface area contributed by atoms with E-state index in [-0.39, 0.29) is 29.3 Å². The number of hydrogen-bond acceptors (Lipinski definition) is 5. The van der Waals surface area contributed by atoms with Crippen molar-refractivity contribution < 1.29 is 13.2 Å². The summed E-state index contributed by atoms with van der Waals surface area (Å²) in [5, 5.41) is 10.2. The molecule has 0 radical (unpaired) electrons. The zero-order valence-electron chi connectivity index (χ0n) is 19.0. The van der Waals surface area contributed by atoms with Crippen LogP contribution in [0.5, 0.6) is 0 Å². The zero-order chi connectivity index (χ0) is 24.4. The molecule has 1 N–H and O–H groups in total. The fourth-order valence-electron chi connectivity index (χ4n) is 4.71. The molecule has 0 saturated carbocycles. The second kappa shape index (κ2) is 9.47. The van der Waals surface area contributed by atoms with Crippen molar-refractivity contribution in [2.75, 3.05) is 26.2 Å². The number of aromatic amines is 1. The molecule has 5 rings (SSSR count). The number of carbonyl (C=O) groups excluding carboxylic acids is 1. The lowest BCUT2D eigenvalue weighted by atomic mass is 9.95. The van der Waals surface area contributed by atoms with Crippen LogP contribution in [0.15, 0.2) is 90.0 Å². The molecule has 3 aromatic carbocycles. The molecule has 176 valence electrons. The van der Waals surface area contributed by atoms with Crippen LogP contribution in [0.3, 0.4) is 0 Å². The summed E-state index contributed by atoms with van der Waals surface area (Å²) in [6, 6.07) is 25.0. The summed E-state index contributed by atoms with van der Waals surface area (Å²) >= 11 is 0. The Bertz CT molecular complexity index is 1510. The number of piperazine rings is 1. The molecular formula is C27H24N4O3S. The maximum atomic E-state index is 13.9. The molecule has 0 bridgehead atoms. The fraction of sp³-hybridized carbons (Fsp3) is 0.185. The van der Waals surface area contributed by atoms with Crippen LogP contribution in [0.1, 0.15) is 27.5 Å². The number of nitriles is 1. The summed E-state index contributed by atoms with van der Waals surface area (Å²) in [5.41, 5.74) is 2.52. The van der Waals surface area contributed by atoms with Gasteiger partial charge in [-0.05, 0) is 23.8 Å². The van der Waals surface area contributed by atoms with Gasteiger partial charge in [0.25, 0.3) is 0 Å². The third-order valence-electron chi connectivity index (χ3n) is 6.48. The molecule has 1 unspecified atom stereocenters. The maximum Gasteiger partial charge on any atom is 0.244 e. The van der Waals surface area contributed by atoms with E-state index in [9.17, 15) is 18.5 Å². The number of para-hydroxylation sites is 1. The van der Waals surface area contributed by atoms with Gasteiger partial charge in [-0.15, -0.1) is 0 Å². The number of aromatic nitrogens is 1. The van der Waals surface area contributed by atoms with Crippen LogP contribution in [0.4, 0.5) is 0 Å². The Morgan fingerprint density at radius 2 is 1.54 bits per heavy atom. The van der Waals surface area contributed by atoms with Crippen molar-refractivity contribution in [1.29, 1.82) is 5.26 Å². The summed E-state index contributed by atoms with van der Waals surface area (Å²) in [6.45, 7) is 1.24. The first-order valence-corrected chi connectivity index (χ1v) is 12.8. The van der Waals surface area contributed by atoms with Crippen molar-refractivity contribution in [3.8, 4) is 6.07 Å². The molecule has 8 heteroatoms. The molecule has 1 aliphatic heterocycles. The minimum atomic E-state index is -3.82. The van der Waals surface area contributed by atoms with E-state index in [1.165, 1.54) is 16.4 Å². The average Bonchev–Trinajstić information content (AvgIpc) is 3.34. The monoisotopic (exact) mass is 484 g/mol. The average molecular weight is 485 g/mol. The topological polar surface area (TPSA) is 97.3 Å². The molecule has 1 fully saturated rings. The van der Waals surface area contributed by atoms with E-state index in [1.807, 2.05) is 65.6 Å². The number of hydrogen-bond donors (Lipinski definition) is 1. The number of Topliss-reactive ketones (excluding diaryl/α,β-unsaturated/α-hetero) is 1. The number of carbonyl (C=O) groups is 1. The lowest BCUT2D eigenvalue weighted by molar-refractivity contribution is 0.0755. The number of nitrogens with one attached hydrogen (secondary N) is 1. The highest BCUT2D eigenvalue weighted by Gasteiger charge is 2.36. The van der Waals surface area contributed by atoms with Crippen molar-refractivity contribution in [3.63, 3.8) is 0 Å². The molecule has 2 heterocycles. The molecular weight excluding hydrogens is 460 g/mol. The predicted molar refractivity (Wildman–Crippen MR) is 133 cm³/mol. The molecule has 0 aliphatic carbocycles. The van der Waals surface area contributed by atoms with Crippen LogP contribution in [-0.2, 0) is 10.0 Å². The van der Waals surface area contributed by atoms with Gasteiger partial charge in [0.1, 0.15) is 6.07 Å². The van der Waals surface area contributed by atoms with Gasteiger partial charge in [0.15, 0.2) is 5.78 Å². The van der Waals surface area contributed by atoms with Crippen molar-refractivity contribution in [2.45, 2.75) is 10.9 Å². The molecule has 7 nitrogen and oxygen atoms in total. The summed E-state index contributed by atoms with van der Waals surface area (Å²) in [5.74, 6) is -0.0280. The largest absolute Gasteiger partial charge is 0.360 e. The minimum Gasteiger partial charge on any atom is -0.360 e.